The summed E-state index contributed by atoms with van der Waals surface area (Å²) < 4.78 is 0. The van der Waals surface area contributed by atoms with Crippen LogP contribution in [-0.2, 0) is 22.4 Å². The van der Waals surface area contributed by atoms with E-state index in [1.807, 2.05) is 72.8 Å². The highest BCUT2D eigenvalue weighted by Crippen LogP contribution is 2.19. The average molecular weight is 463 g/mol. The number of rotatable bonds is 9. The standard InChI is InChI=1S/C26H30N4O4/c1-27-28-24(31)22(16-18-9-5-4-6-10-18)29(2)25(32)23(30(3)26(33)34)17-19-13-14-20-11-7-8-12-21(20)15-19/h4-15,22-23,27H,16-17H2,1-3H3,(H,28,31)(H,33,34). The molecule has 0 fully saturated rings. The summed E-state index contributed by atoms with van der Waals surface area (Å²) in [6, 6.07) is 21.2. The van der Waals surface area contributed by atoms with Crippen molar-refractivity contribution in [3.05, 3.63) is 83.9 Å². The fraction of sp³-hybridized carbons (Fsp3) is 0.269. The summed E-state index contributed by atoms with van der Waals surface area (Å²) in [5.74, 6) is -0.838. The van der Waals surface area contributed by atoms with E-state index >= 15 is 0 Å². The Bertz CT molecular complexity index is 1150. The van der Waals surface area contributed by atoms with Crippen LogP contribution in [0.25, 0.3) is 10.8 Å². The third kappa shape index (κ3) is 5.90. The maximum Gasteiger partial charge on any atom is 0.407 e. The molecular formula is C26H30N4O4. The minimum Gasteiger partial charge on any atom is -0.465 e. The molecule has 0 aliphatic rings. The Morgan fingerprint density at radius 1 is 0.794 bits per heavy atom. The monoisotopic (exact) mass is 462 g/mol. The molecule has 8 heteroatoms. The number of hydrazine groups is 1. The Morgan fingerprint density at radius 2 is 1.41 bits per heavy atom. The van der Waals surface area contributed by atoms with E-state index in [1.54, 1.807) is 7.05 Å². The molecule has 0 heterocycles. The third-order valence-corrected chi connectivity index (χ3v) is 5.94. The van der Waals surface area contributed by atoms with Gasteiger partial charge in [-0.05, 0) is 21.9 Å². The Labute approximate surface area is 199 Å². The number of nitrogens with one attached hydrogen (secondary N) is 2. The molecule has 0 aliphatic heterocycles. The summed E-state index contributed by atoms with van der Waals surface area (Å²) >= 11 is 0. The van der Waals surface area contributed by atoms with E-state index in [-0.39, 0.29) is 18.7 Å². The highest BCUT2D eigenvalue weighted by Gasteiger charge is 2.35. The van der Waals surface area contributed by atoms with Crippen LogP contribution in [0.4, 0.5) is 4.79 Å². The van der Waals surface area contributed by atoms with Gasteiger partial charge in [0, 0.05) is 34.0 Å². The van der Waals surface area contributed by atoms with Gasteiger partial charge < -0.3 is 10.0 Å². The lowest BCUT2D eigenvalue weighted by molar-refractivity contribution is -0.142. The first kappa shape index (κ1) is 24.7. The lowest BCUT2D eigenvalue weighted by atomic mass is 9.98. The van der Waals surface area contributed by atoms with Crippen molar-refractivity contribution in [2.75, 3.05) is 21.1 Å². The van der Waals surface area contributed by atoms with Crippen molar-refractivity contribution >= 4 is 28.7 Å². The number of nitrogens with zero attached hydrogens (tertiary/aromatic N) is 2. The summed E-state index contributed by atoms with van der Waals surface area (Å²) in [5, 5.41) is 11.7. The molecule has 34 heavy (non-hydrogen) atoms. The molecular weight excluding hydrogens is 432 g/mol. The molecule has 0 spiro atoms. The smallest absolute Gasteiger partial charge is 0.407 e. The number of carboxylic acid groups (broad SMARTS) is 1. The molecule has 0 bridgehead atoms. The van der Waals surface area contributed by atoms with Gasteiger partial charge in [0.1, 0.15) is 12.1 Å². The lowest BCUT2D eigenvalue weighted by Crippen LogP contribution is -2.57. The van der Waals surface area contributed by atoms with Gasteiger partial charge in [-0.2, -0.15) is 0 Å². The minimum absolute atomic E-state index is 0.183. The largest absolute Gasteiger partial charge is 0.465 e. The van der Waals surface area contributed by atoms with E-state index < -0.39 is 24.1 Å². The van der Waals surface area contributed by atoms with Crippen molar-refractivity contribution in [2.24, 2.45) is 0 Å². The second-order valence-corrected chi connectivity index (χ2v) is 8.19. The van der Waals surface area contributed by atoms with Crippen LogP contribution in [0.15, 0.2) is 72.8 Å². The molecule has 0 aliphatic carbocycles. The maximum atomic E-state index is 13.6. The normalized spacial score (nSPS) is 12.6. The zero-order chi connectivity index (χ0) is 24.7. The van der Waals surface area contributed by atoms with Gasteiger partial charge in [-0.15, -0.1) is 0 Å². The van der Waals surface area contributed by atoms with Crippen LogP contribution in [0.3, 0.4) is 0 Å². The van der Waals surface area contributed by atoms with Crippen LogP contribution in [0.5, 0.6) is 0 Å². The van der Waals surface area contributed by atoms with Gasteiger partial charge in [0.15, 0.2) is 0 Å². The second-order valence-electron chi connectivity index (χ2n) is 8.19. The Morgan fingerprint density at radius 3 is 2.06 bits per heavy atom. The fourth-order valence-corrected chi connectivity index (χ4v) is 3.95. The van der Waals surface area contributed by atoms with Crippen LogP contribution in [-0.4, -0.2) is 66.0 Å². The van der Waals surface area contributed by atoms with Crippen LogP contribution >= 0.6 is 0 Å². The minimum atomic E-state index is -1.22. The fourth-order valence-electron chi connectivity index (χ4n) is 3.95. The maximum absolute atomic E-state index is 13.6. The van der Waals surface area contributed by atoms with Crippen molar-refractivity contribution in [2.45, 2.75) is 24.9 Å². The molecule has 0 radical (unpaired) electrons. The molecule has 0 saturated heterocycles. The molecule has 0 saturated carbocycles. The van der Waals surface area contributed by atoms with E-state index in [4.69, 9.17) is 0 Å². The molecule has 3 N–H and O–H groups in total. The van der Waals surface area contributed by atoms with Gasteiger partial charge in [-0.3, -0.25) is 19.9 Å². The van der Waals surface area contributed by atoms with Gasteiger partial charge in [-0.1, -0.05) is 72.8 Å². The SMILES string of the molecule is CNNC(=O)C(Cc1ccccc1)N(C)C(=O)C(Cc1ccc2ccccc2c1)N(C)C(=O)O. The lowest BCUT2D eigenvalue weighted by Gasteiger charge is -2.33. The molecule has 2 unspecified atom stereocenters. The average Bonchev–Trinajstić information content (AvgIpc) is 2.85. The Kier molecular flexibility index (Phi) is 8.21. The number of benzene rings is 3. The van der Waals surface area contributed by atoms with E-state index in [9.17, 15) is 19.5 Å². The summed E-state index contributed by atoms with van der Waals surface area (Å²) in [6.45, 7) is 0. The number of hydrogen-bond donors (Lipinski definition) is 3. The van der Waals surface area contributed by atoms with Crippen molar-refractivity contribution in [1.29, 1.82) is 0 Å². The van der Waals surface area contributed by atoms with E-state index in [1.165, 1.54) is 19.0 Å². The number of likely N-dealkylation sites (N-methyl/N-ethyl adjacent to an activating group) is 2. The molecule has 178 valence electrons. The number of carbonyl (C=O) groups excluding carboxylic acids is 2. The molecule has 3 aromatic rings. The Balaban J connectivity index is 1.90. The van der Waals surface area contributed by atoms with Gasteiger partial charge in [0.25, 0.3) is 5.91 Å². The number of fused-ring (bicyclic) bond motifs is 1. The Hall–Kier alpha value is -3.91. The highest BCUT2D eigenvalue weighted by molar-refractivity contribution is 5.91. The summed E-state index contributed by atoms with van der Waals surface area (Å²) in [7, 11) is 4.48. The molecule has 0 aromatic heterocycles. The van der Waals surface area contributed by atoms with Crippen molar-refractivity contribution in [3.8, 4) is 0 Å². The van der Waals surface area contributed by atoms with E-state index in [0.29, 0.717) is 0 Å². The summed E-state index contributed by atoms with van der Waals surface area (Å²) in [6.07, 6.45) is -0.745. The molecule has 8 nitrogen and oxygen atoms in total. The predicted octanol–water partition coefficient (Wildman–Crippen LogP) is 2.68. The molecule has 3 amide bonds. The molecule has 3 rings (SSSR count). The number of carbonyl (C=O) groups is 3. The van der Waals surface area contributed by atoms with Crippen LogP contribution in [0, 0.1) is 0 Å². The van der Waals surface area contributed by atoms with Crippen LogP contribution in [0.2, 0.25) is 0 Å². The third-order valence-electron chi connectivity index (χ3n) is 5.94. The van der Waals surface area contributed by atoms with Gasteiger partial charge in [0.05, 0.1) is 0 Å². The molecule has 3 aromatic carbocycles. The predicted molar refractivity (Wildman–Crippen MR) is 131 cm³/mol. The molecule has 2 atom stereocenters. The zero-order valence-corrected chi connectivity index (χ0v) is 19.6. The van der Waals surface area contributed by atoms with Gasteiger partial charge in [0.2, 0.25) is 5.91 Å². The van der Waals surface area contributed by atoms with Crippen molar-refractivity contribution in [1.82, 2.24) is 20.7 Å². The quantitative estimate of drug-likeness (QED) is 0.425. The van der Waals surface area contributed by atoms with Crippen LogP contribution in [0.1, 0.15) is 11.1 Å². The van der Waals surface area contributed by atoms with Crippen LogP contribution < -0.4 is 10.9 Å². The summed E-state index contributed by atoms with van der Waals surface area (Å²) in [4.78, 5) is 40.6. The van der Waals surface area contributed by atoms with Crippen molar-refractivity contribution < 1.29 is 19.5 Å². The second kappa shape index (κ2) is 11.3. The highest BCUT2D eigenvalue weighted by atomic mass is 16.4. The van der Waals surface area contributed by atoms with Gasteiger partial charge >= 0.3 is 6.09 Å². The van der Waals surface area contributed by atoms with E-state index in [2.05, 4.69) is 10.9 Å². The number of amides is 3. The number of hydrogen-bond acceptors (Lipinski definition) is 4. The summed E-state index contributed by atoms with van der Waals surface area (Å²) in [5.41, 5.74) is 6.88. The first-order valence-electron chi connectivity index (χ1n) is 11.0. The first-order valence-corrected chi connectivity index (χ1v) is 11.0. The van der Waals surface area contributed by atoms with Gasteiger partial charge in [-0.25, -0.2) is 10.2 Å². The topological polar surface area (TPSA) is 102 Å². The van der Waals surface area contributed by atoms with Crippen molar-refractivity contribution in [3.63, 3.8) is 0 Å². The zero-order valence-electron chi connectivity index (χ0n) is 19.6. The first-order chi connectivity index (χ1) is 16.3. The van der Waals surface area contributed by atoms with E-state index in [0.717, 1.165) is 26.8 Å².